The number of nitrogens with zero attached hydrogens (tertiary/aromatic N) is 1. The molecule has 1 aliphatic heterocycles. The molecule has 0 saturated heterocycles. The zero-order valence-electron chi connectivity index (χ0n) is 10.8. The average molecular weight is 248 g/mol. The van der Waals surface area contributed by atoms with E-state index in [4.69, 9.17) is 5.11 Å². The largest absolute Gasteiger partial charge is 0.396 e. The molecule has 1 aliphatic rings. The Kier molecular flexibility index (Phi) is 4.33. The van der Waals surface area contributed by atoms with Crippen LogP contribution in [0.5, 0.6) is 0 Å². The van der Waals surface area contributed by atoms with E-state index in [1.807, 2.05) is 25.1 Å². The zero-order valence-corrected chi connectivity index (χ0v) is 10.8. The van der Waals surface area contributed by atoms with E-state index in [-0.39, 0.29) is 12.5 Å². The van der Waals surface area contributed by atoms with Gasteiger partial charge in [0.25, 0.3) is 5.91 Å². The van der Waals surface area contributed by atoms with Crippen LogP contribution in [0.1, 0.15) is 34.8 Å². The van der Waals surface area contributed by atoms with Crippen molar-refractivity contribution in [3.8, 4) is 0 Å². The molecule has 18 heavy (non-hydrogen) atoms. The first-order chi connectivity index (χ1) is 8.76. The van der Waals surface area contributed by atoms with Gasteiger partial charge in [0.15, 0.2) is 0 Å². The summed E-state index contributed by atoms with van der Waals surface area (Å²) in [4.78, 5) is 14.1. The number of carbonyl (C=O) groups excluding carboxylic acids is 1. The van der Waals surface area contributed by atoms with Crippen LogP contribution in [0.2, 0.25) is 0 Å². The van der Waals surface area contributed by atoms with Gasteiger partial charge in [-0.15, -0.1) is 0 Å². The van der Waals surface area contributed by atoms with Crippen molar-refractivity contribution in [2.45, 2.75) is 26.4 Å². The van der Waals surface area contributed by atoms with E-state index in [0.29, 0.717) is 19.5 Å². The minimum Gasteiger partial charge on any atom is -0.396 e. The van der Waals surface area contributed by atoms with Gasteiger partial charge in [-0.2, -0.15) is 0 Å². The maximum atomic E-state index is 12.3. The molecule has 1 aromatic carbocycles. The maximum absolute atomic E-state index is 12.3. The standard InChI is InChI=1S/C14H20N2O2/c1-2-16(6-3-7-17)14(18)11-4-5-12-9-15-10-13(12)8-11/h4-5,8,15,17H,2-3,6-7,9-10H2,1H3. The minimum atomic E-state index is 0.0562. The summed E-state index contributed by atoms with van der Waals surface area (Å²) in [6.07, 6.45) is 0.631. The predicted molar refractivity (Wildman–Crippen MR) is 70.3 cm³/mol. The molecule has 0 atom stereocenters. The fourth-order valence-electron chi connectivity index (χ4n) is 2.28. The normalized spacial score (nSPS) is 13.4. The third kappa shape index (κ3) is 2.71. The van der Waals surface area contributed by atoms with E-state index >= 15 is 0 Å². The van der Waals surface area contributed by atoms with E-state index in [2.05, 4.69) is 5.32 Å². The van der Waals surface area contributed by atoms with Gasteiger partial charge in [0.1, 0.15) is 0 Å². The second-order valence-electron chi connectivity index (χ2n) is 4.55. The lowest BCUT2D eigenvalue weighted by Gasteiger charge is -2.20. The number of aliphatic hydroxyl groups excluding tert-OH is 1. The summed E-state index contributed by atoms with van der Waals surface area (Å²) in [6.45, 7) is 5.11. The summed E-state index contributed by atoms with van der Waals surface area (Å²) >= 11 is 0. The molecule has 1 heterocycles. The van der Waals surface area contributed by atoms with Crippen molar-refractivity contribution in [2.24, 2.45) is 0 Å². The van der Waals surface area contributed by atoms with Crippen LogP contribution in [-0.4, -0.2) is 35.6 Å². The summed E-state index contributed by atoms with van der Waals surface area (Å²) in [6, 6.07) is 5.91. The molecule has 2 rings (SSSR count). The van der Waals surface area contributed by atoms with E-state index in [1.54, 1.807) is 4.90 Å². The number of nitrogens with one attached hydrogen (secondary N) is 1. The van der Waals surface area contributed by atoms with Gasteiger partial charge in [0, 0.05) is 38.3 Å². The van der Waals surface area contributed by atoms with Crippen LogP contribution in [0.4, 0.5) is 0 Å². The van der Waals surface area contributed by atoms with Crippen LogP contribution in [0, 0.1) is 0 Å². The van der Waals surface area contributed by atoms with Gasteiger partial charge < -0.3 is 15.3 Å². The third-order valence-electron chi connectivity index (χ3n) is 3.34. The van der Waals surface area contributed by atoms with Gasteiger partial charge in [-0.05, 0) is 36.6 Å². The summed E-state index contributed by atoms with van der Waals surface area (Å²) in [7, 11) is 0. The third-order valence-corrected chi connectivity index (χ3v) is 3.34. The highest BCUT2D eigenvalue weighted by molar-refractivity contribution is 5.94. The molecule has 1 amide bonds. The van der Waals surface area contributed by atoms with E-state index in [0.717, 1.165) is 18.7 Å². The number of rotatable bonds is 5. The fraction of sp³-hybridized carbons (Fsp3) is 0.500. The molecule has 0 aliphatic carbocycles. The summed E-state index contributed by atoms with van der Waals surface area (Å²) in [5, 5.41) is 12.1. The van der Waals surface area contributed by atoms with Crippen LogP contribution in [-0.2, 0) is 13.1 Å². The molecule has 0 saturated carbocycles. The van der Waals surface area contributed by atoms with E-state index < -0.39 is 0 Å². The second-order valence-corrected chi connectivity index (χ2v) is 4.55. The molecule has 4 nitrogen and oxygen atoms in total. The molecule has 0 radical (unpaired) electrons. The van der Waals surface area contributed by atoms with E-state index in [1.165, 1.54) is 11.1 Å². The zero-order chi connectivity index (χ0) is 13.0. The van der Waals surface area contributed by atoms with Crippen LogP contribution in [0.25, 0.3) is 0 Å². The Morgan fingerprint density at radius 3 is 2.89 bits per heavy atom. The molecular weight excluding hydrogens is 228 g/mol. The van der Waals surface area contributed by atoms with Crippen LogP contribution in [0.3, 0.4) is 0 Å². The highest BCUT2D eigenvalue weighted by Gasteiger charge is 2.17. The Morgan fingerprint density at radius 1 is 1.39 bits per heavy atom. The van der Waals surface area contributed by atoms with Gasteiger partial charge in [-0.1, -0.05) is 6.07 Å². The lowest BCUT2D eigenvalue weighted by Crippen LogP contribution is -2.32. The fourth-order valence-corrected chi connectivity index (χ4v) is 2.28. The number of fused-ring (bicyclic) bond motifs is 1. The van der Waals surface area contributed by atoms with Crippen molar-refractivity contribution in [1.82, 2.24) is 10.2 Å². The lowest BCUT2D eigenvalue weighted by atomic mass is 10.1. The Labute approximate surface area is 108 Å². The number of aliphatic hydroxyl groups is 1. The molecule has 0 spiro atoms. The number of benzene rings is 1. The van der Waals surface area contributed by atoms with Gasteiger partial charge in [-0.3, -0.25) is 4.79 Å². The topological polar surface area (TPSA) is 52.6 Å². The molecule has 0 unspecified atom stereocenters. The number of amides is 1. The second kappa shape index (κ2) is 5.98. The molecular formula is C14H20N2O2. The van der Waals surface area contributed by atoms with Crippen LogP contribution in [0.15, 0.2) is 18.2 Å². The molecule has 1 aromatic rings. The van der Waals surface area contributed by atoms with Gasteiger partial charge >= 0.3 is 0 Å². The van der Waals surface area contributed by atoms with E-state index in [9.17, 15) is 4.79 Å². The SMILES string of the molecule is CCN(CCCO)C(=O)c1ccc2c(c1)CNC2. The summed E-state index contributed by atoms with van der Waals surface area (Å²) in [5.74, 6) is 0.0562. The average Bonchev–Trinajstić information content (AvgIpc) is 2.86. The Balaban J connectivity index is 2.12. The number of hydrogen-bond acceptors (Lipinski definition) is 3. The van der Waals surface area contributed by atoms with Crippen molar-refractivity contribution in [2.75, 3.05) is 19.7 Å². The van der Waals surface area contributed by atoms with Crippen LogP contribution >= 0.6 is 0 Å². The monoisotopic (exact) mass is 248 g/mol. The first-order valence-corrected chi connectivity index (χ1v) is 6.49. The molecule has 0 aromatic heterocycles. The lowest BCUT2D eigenvalue weighted by molar-refractivity contribution is 0.0754. The quantitative estimate of drug-likeness (QED) is 0.821. The number of hydrogen-bond donors (Lipinski definition) is 2. The summed E-state index contributed by atoms with van der Waals surface area (Å²) < 4.78 is 0. The van der Waals surface area contributed by atoms with Crippen molar-refractivity contribution >= 4 is 5.91 Å². The molecule has 98 valence electrons. The van der Waals surface area contributed by atoms with Crippen molar-refractivity contribution in [3.05, 3.63) is 34.9 Å². The molecule has 2 N–H and O–H groups in total. The Hall–Kier alpha value is -1.39. The minimum absolute atomic E-state index is 0.0562. The van der Waals surface area contributed by atoms with Gasteiger partial charge in [0.2, 0.25) is 0 Å². The van der Waals surface area contributed by atoms with Crippen LogP contribution < -0.4 is 5.32 Å². The first-order valence-electron chi connectivity index (χ1n) is 6.49. The highest BCUT2D eigenvalue weighted by atomic mass is 16.3. The van der Waals surface area contributed by atoms with Gasteiger partial charge in [0.05, 0.1) is 0 Å². The smallest absolute Gasteiger partial charge is 0.253 e. The number of carbonyl (C=O) groups is 1. The molecule has 0 bridgehead atoms. The van der Waals surface area contributed by atoms with Crippen molar-refractivity contribution < 1.29 is 9.90 Å². The highest BCUT2D eigenvalue weighted by Crippen LogP contribution is 2.18. The molecule has 0 fully saturated rings. The Bertz CT molecular complexity index is 432. The first kappa shape index (κ1) is 13.1. The maximum Gasteiger partial charge on any atom is 0.253 e. The van der Waals surface area contributed by atoms with Crippen molar-refractivity contribution in [3.63, 3.8) is 0 Å². The summed E-state index contributed by atoms with van der Waals surface area (Å²) in [5.41, 5.74) is 3.25. The predicted octanol–water partition coefficient (Wildman–Crippen LogP) is 1.13. The van der Waals surface area contributed by atoms with Crippen molar-refractivity contribution in [1.29, 1.82) is 0 Å². The van der Waals surface area contributed by atoms with Gasteiger partial charge in [-0.25, -0.2) is 0 Å². The molecule has 4 heteroatoms. The Morgan fingerprint density at radius 2 is 2.17 bits per heavy atom.